The van der Waals surface area contributed by atoms with Crippen LogP contribution < -0.4 is 4.72 Å². The second kappa shape index (κ2) is 7.00. The number of carboxylic acids is 1. The fourth-order valence-corrected chi connectivity index (χ4v) is 3.21. The molecule has 1 atom stereocenters. The number of rotatable bonds is 7. The molecule has 1 aromatic carbocycles. The van der Waals surface area contributed by atoms with Crippen LogP contribution in [0.4, 0.5) is 4.39 Å². The van der Waals surface area contributed by atoms with E-state index in [4.69, 9.17) is 5.11 Å². The average molecular weight is 317 g/mol. The van der Waals surface area contributed by atoms with Gasteiger partial charge in [0, 0.05) is 0 Å². The number of hydrogen-bond acceptors (Lipinski definition) is 3. The molecule has 21 heavy (non-hydrogen) atoms. The summed E-state index contributed by atoms with van der Waals surface area (Å²) in [5.41, 5.74) is 0.701. The van der Waals surface area contributed by atoms with Crippen molar-refractivity contribution in [2.24, 2.45) is 5.92 Å². The van der Waals surface area contributed by atoms with Gasteiger partial charge in [-0.05, 0) is 36.5 Å². The van der Waals surface area contributed by atoms with Gasteiger partial charge in [-0.3, -0.25) is 4.79 Å². The zero-order valence-electron chi connectivity index (χ0n) is 12.3. The quantitative estimate of drug-likeness (QED) is 0.806. The summed E-state index contributed by atoms with van der Waals surface area (Å²) in [5, 5.41) is 9.05. The molecule has 0 heterocycles. The second-order valence-corrected chi connectivity index (χ2v) is 7.23. The molecule has 118 valence electrons. The normalized spacial score (nSPS) is 13.4. The molecule has 1 aromatic rings. The van der Waals surface area contributed by atoms with Crippen LogP contribution in [0.25, 0.3) is 0 Å². The summed E-state index contributed by atoms with van der Waals surface area (Å²) < 4.78 is 39.6. The van der Waals surface area contributed by atoms with Crippen LogP contribution in [-0.4, -0.2) is 25.5 Å². The van der Waals surface area contributed by atoms with Crippen molar-refractivity contribution in [1.82, 2.24) is 4.72 Å². The van der Waals surface area contributed by atoms with Gasteiger partial charge >= 0.3 is 5.97 Å². The van der Waals surface area contributed by atoms with E-state index in [-0.39, 0.29) is 17.9 Å². The standard InChI is InChI=1S/C14H20FNO4S/c1-9(2)6-13(14(17)18)16-21(19,20)8-11-5-4-10(3)12(15)7-11/h4-5,7,9,13,16H,6,8H2,1-3H3,(H,17,18)/t13-/m1/s1. The van der Waals surface area contributed by atoms with Crippen molar-refractivity contribution in [3.05, 3.63) is 35.1 Å². The van der Waals surface area contributed by atoms with E-state index in [1.54, 1.807) is 20.8 Å². The first-order chi connectivity index (χ1) is 9.60. The highest BCUT2D eigenvalue weighted by atomic mass is 32.2. The number of sulfonamides is 1. The predicted molar refractivity (Wildman–Crippen MR) is 77.8 cm³/mol. The van der Waals surface area contributed by atoms with Crippen LogP contribution in [0.15, 0.2) is 18.2 Å². The monoisotopic (exact) mass is 317 g/mol. The van der Waals surface area contributed by atoms with E-state index in [0.29, 0.717) is 5.56 Å². The minimum Gasteiger partial charge on any atom is -0.480 e. The molecule has 2 N–H and O–H groups in total. The molecule has 0 radical (unpaired) electrons. The number of benzene rings is 1. The van der Waals surface area contributed by atoms with E-state index in [1.165, 1.54) is 12.1 Å². The molecule has 0 aliphatic rings. The summed E-state index contributed by atoms with van der Waals surface area (Å²) in [7, 11) is -3.85. The number of carboxylic acid groups (broad SMARTS) is 1. The maximum atomic E-state index is 13.4. The number of hydrogen-bond donors (Lipinski definition) is 2. The number of carbonyl (C=O) groups is 1. The van der Waals surface area contributed by atoms with E-state index in [2.05, 4.69) is 4.72 Å². The van der Waals surface area contributed by atoms with Gasteiger partial charge in [-0.1, -0.05) is 26.0 Å². The minimum absolute atomic E-state index is 0.0330. The van der Waals surface area contributed by atoms with Gasteiger partial charge in [0.15, 0.2) is 0 Å². The Bertz CT molecular complexity index is 613. The van der Waals surface area contributed by atoms with Crippen LogP contribution in [0.3, 0.4) is 0 Å². The summed E-state index contributed by atoms with van der Waals surface area (Å²) in [4.78, 5) is 11.1. The van der Waals surface area contributed by atoms with E-state index >= 15 is 0 Å². The smallest absolute Gasteiger partial charge is 0.321 e. The lowest BCUT2D eigenvalue weighted by atomic mass is 10.1. The Kier molecular flexibility index (Phi) is 5.86. The molecule has 0 aromatic heterocycles. The fraction of sp³-hybridized carbons (Fsp3) is 0.500. The average Bonchev–Trinajstić information content (AvgIpc) is 2.31. The van der Waals surface area contributed by atoms with Gasteiger partial charge < -0.3 is 5.11 Å². The fourth-order valence-electron chi connectivity index (χ4n) is 1.87. The van der Waals surface area contributed by atoms with Crippen LogP contribution in [0.1, 0.15) is 31.4 Å². The molecule has 0 saturated heterocycles. The van der Waals surface area contributed by atoms with Crippen molar-refractivity contribution in [2.75, 3.05) is 0 Å². The van der Waals surface area contributed by atoms with Crippen molar-refractivity contribution in [2.45, 2.75) is 39.0 Å². The van der Waals surface area contributed by atoms with E-state index in [0.717, 1.165) is 6.07 Å². The molecule has 0 saturated carbocycles. The van der Waals surface area contributed by atoms with Crippen LogP contribution in [0.2, 0.25) is 0 Å². The Morgan fingerprint density at radius 3 is 2.48 bits per heavy atom. The molecule has 1 rings (SSSR count). The number of halogens is 1. The molecule has 0 spiro atoms. The van der Waals surface area contributed by atoms with Crippen LogP contribution in [-0.2, 0) is 20.6 Å². The van der Waals surface area contributed by atoms with Crippen molar-refractivity contribution < 1.29 is 22.7 Å². The highest BCUT2D eigenvalue weighted by Crippen LogP contribution is 2.13. The Morgan fingerprint density at radius 2 is 2.00 bits per heavy atom. The zero-order valence-corrected chi connectivity index (χ0v) is 13.1. The zero-order chi connectivity index (χ0) is 16.2. The Hall–Kier alpha value is -1.47. The summed E-state index contributed by atoms with van der Waals surface area (Å²) in [6.45, 7) is 5.19. The van der Waals surface area contributed by atoms with Gasteiger partial charge in [-0.25, -0.2) is 17.5 Å². The maximum Gasteiger partial charge on any atom is 0.321 e. The molecule has 0 amide bonds. The molecule has 0 bridgehead atoms. The first kappa shape index (κ1) is 17.6. The largest absolute Gasteiger partial charge is 0.480 e. The van der Waals surface area contributed by atoms with Gasteiger partial charge in [0.2, 0.25) is 10.0 Å². The van der Waals surface area contributed by atoms with Crippen molar-refractivity contribution in [3.8, 4) is 0 Å². The first-order valence-electron chi connectivity index (χ1n) is 6.58. The first-order valence-corrected chi connectivity index (χ1v) is 8.24. The number of aliphatic carboxylic acids is 1. The van der Waals surface area contributed by atoms with Gasteiger partial charge in [-0.15, -0.1) is 0 Å². The number of aryl methyl sites for hydroxylation is 1. The Labute approximate surface area is 124 Å². The lowest BCUT2D eigenvalue weighted by molar-refractivity contribution is -0.139. The number of nitrogens with one attached hydrogen (secondary N) is 1. The van der Waals surface area contributed by atoms with Crippen LogP contribution in [0.5, 0.6) is 0 Å². The molecular weight excluding hydrogens is 297 g/mol. The SMILES string of the molecule is Cc1ccc(CS(=O)(=O)N[C@H](CC(C)C)C(=O)O)cc1F. The third kappa shape index (κ3) is 5.81. The Balaban J connectivity index is 2.84. The molecule has 0 unspecified atom stereocenters. The lowest BCUT2D eigenvalue weighted by Gasteiger charge is -2.16. The molecule has 0 aliphatic heterocycles. The van der Waals surface area contributed by atoms with E-state index < -0.39 is 33.6 Å². The predicted octanol–water partition coefficient (Wildman–Crippen LogP) is 2.05. The molecule has 0 fully saturated rings. The summed E-state index contributed by atoms with van der Waals surface area (Å²) in [6, 6.07) is 2.97. The molecular formula is C14H20FNO4S. The van der Waals surface area contributed by atoms with E-state index in [9.17, 15) is 17.6 Å². The molecule has 0 aliphatic carbocycles. The highest BCUT2D eigenvalue weighted by Gasteiger charge is 2.25. The minimum atomic E-state index is -3.85. The lowest BCUT2D eigenvalue weighted by Crippen LogP contribution is -2.42. The van der Waals surface area contributed by atoms with Crippen LogP contribution >= 0.6 is 0 Å². The van der Waals surface area contributed by atoms with Crippen molar-refractivity contribution >= 4 is 16.0 Å². The third-order valence-corrected chi connectivity index (χ3v) is 4.28. The van der Waals surface area contributed by atoms with Gasteiger partial charge in [0.1, 0.15) is 11.9 Å². The third-order valence-electron chi connectivity index (χ3n) is 2.92. The van der Waals surface area contributed by atoms with Crippen LogP contribution in [0, 0.1) is 18.7 Å². The molecule has 7 heteroatoms. The van der Waals surface area contributed by atoms with Gasteiger partial charge in [0.25, 0.3) is 0 Å². The van der Waals surface area contributed by atoms with Crippen molar-refractivity contribution in [3.63, 3.8) is 0 Å². The van der Waals surface area contributed by atoms with Gasteiger partial charge in [0.05, 0.1) is 5.75 Å². The summed E-state index contributed by atoms with van der Waals surface area (Å²) in [6.07, 6.45) is 0.191. The van der Waals surface area contributed by atoms with Gasteiger partial charge in [-0.2, -0.15) is 0 Å². The summed E-state index contributed by atoms with van der Waals surface area (Å²) in [5.74, 6) is -2.13. The maximum absolute atomic E-state index is 13.4. The second-order valence-electron chi connectivity index (χ2n) is 5.48. The van der Waals surface area contributed by atoms with Crippen molar-refractivity contribution in [1.29, 1.82) is 0 Å². The highest BCUT2D eigenvalue weighted by molar-refractivity contribution is 7.88. The molecule has 5 nitrogen and oxygen atoms in total. The topological polar surface area (TPSA) is 83.5 Å². The summed E-state index contributed by atoms with van der Waals surface area (Å²) >= 11 is 0. The van der Waals surface area contributed by atoms with E-state index in [1.807, 2.05) is 0 Å². The Morgan fingerprint density at radius 1 is 1.38 bits per heavy atom.